The molecule has 1 aromatic rings. The van der Waals surface area contributed by atoms with E-state index in [1.807, 2.05) is 18.7 Å². The second kappa shape index (κ2) is 5.42. The first-order valence-corrected chi connectivity index (χ1v) is 6.73. The lowest BCUT2D eigenvalue weighted by molar-refractivity contribution is 0.0755. The molecule has 2 rings (SSSR count). The zero-order valence-corrected chi connectivity index (χ0v) is 11.2. The second-order valence-corrected chi connectivity index (χ2v) is 5.21. The van der Waals surface area contributed by atoms with E-state index in [1.54, 1.807) is 10.9 Å². The fraction of sp³-hybridized carbons (Fsp3) is 0.692. The molecule has 100 valence electrons. The standard InChI is InChI=1S/C13H22N4O/c1-10(2)17-9-11(14)12(15-17)13(18)16-7-5-3-4-6-8-16/h9-10H,3-8,14H2,1-2H3. The maximum absolute atomic E-state index is 12.4. The lowest BCUT2D eigenvalue weighted by Crippen LogP contribution is -2.32. The Morgan fingerprint density at radius 3 is 2.39 bits per heavy atom. The quantitative estimate of drug-likeness (QED) is 0.873. The number of carbonyl (C=O) groups excluding carboxylic acids is 1. The Bertz CT molecular complexity index is 417. The molecule has 1 aliphatic rings. The zero-order valence-electron chi connectivity index (χ0n) is 11.2. The van der Waals surface area contributed by atoms with Crippen LogP contribution in [0.1, 0.15) is 56.1 Å². The minimum absolute atomic E-state index is 0.0196. The number of likely N-dealkylation sites (tertiary alicyclic amines) is 1. The molecule has 5 nitrogen and oxygen atoms in total. The molecule has 1 aliphatic heterocycles. The molecule has 1 amide bonds. The number of hydrogen-bond donors (Lipinski definition) is 1. The summed E-state index contributed by atoms with van der Waals surface area (Å²) in [7, 11) is 0. The second-order valence-electron chi connectivity index (χ2n) is 5.21. The molecule has 2 heterocycles. The van der Waals surface area contributed by atoms with Crippen LogP contribution in [0.3, 0.4) is 0 Å². The van der Waals surface area contributed by atoms with Crippen LogP contribution in [0.15, 0.2) is 6.20 Å². The first-order chi connectivity index (χ1) is 8.59. The highest BCUT2D eigenvalue weighted by Gasteiger charge is 2.22. The summed E-state index contributed by atoms with van der Waals surface area (Å²) in [6.45, 7) is 5.69. The van der Waals surface area contributed by atoms with Crippen molar-refractivity contribution in [2.24, 2.45) is 0 Å². The normalized spacial score (nSPS) is 16.9. The van der Waals surface area contributed by atoms with Gasteiger partial charge in [0.1, 0.15) is 0 Å². The molecule has 0 aromatic carbocycles. The van der Waals surface area contributed by atoms with Crippen LogP contribution in [0.25, 0.3) is 0 Å². The van der Waals surface area contributed by atoms with Crippen molar-refractivity contribution in [2.45, 2.75) is 45.6 Å². The van der Waals surface area contributed by atoms with E-state index < -0.39 is 0 Å². The highest BCUT2D eigenvalue weighted by Crippen LogP contribution is 2.18. The number of anilines is 1. The van der Waals surface area contributed by atoms with Gasteiger partial charge in [0.15, 0.2) is 5.69 Å². The van der Waals surface area contributed by atoms with Gasteiger partial charge < -0.3 is 10.6 Å². The largest absolute Gasteiger partial charge is 0.396 e. The Morgan fingerprint density at radius 2 is 1.89 bits per heavy atom. The van der Waals surface area contributed by atoms with Crippen molar-refractivity contribution in [3.8, 4) is 0 Å². The van der Waals surface area contributed by atoms with Gasteiger partial charge in [0, 0.05) is 25.3 Å². The molecule has 0 spiro atoms. The van der Waals surface area contributed by atoms with E-state index in [4.69, 9.17) is 5.73 Å². The third kappa shape index (κ3) is 2.66. The van der Waals surface area contributed by atoms with Crippen LogP contribution < -0.4 is 5.73 Å². The van der Waals surface area contributed by atoms with Gasteiger partial charge in [-0.2, -0.15) is 5.10 Å². The van der Waals surface area contributed by atoms with E-state index in [2.05, 4.69) is 5.10 Å². The monoisotopic (exact) mass is 250 g/mol. The predicted molar refractivity (Wildman–Crippen MR) is 71.4 cm³/mol. The van der Waals surface area contributed by atoms with Gasteiger partial charge in [-0.25, -0.2) is 0 Å². The number of carbonyl (C=O) groups is 1. The van der Waals surface area contributed by atoms with Crippen molar-refractivity contribution in [1.29, 1.82) is 0 Å². The summed E-state index contributed by atoms with van der Waals surface area (Å²) in [5.41, 5.74) is 6.79. The van der Waals surface area contributed by atoms with E-state index in [0.717, 1.165) is 25.9 Å². The Balaban J connectivity index is 2.16. The van der Waals surface area contributed by atoms with Crippen molar-refractivity contribution in [3.63, 3.8) is 0 Å². The maximum Gasteiger partial charge on any atom is 0.276 e. The molecule has 0 saturated carbocycles. The molecular formula is C13H22N4O. The molecule has 5 heteroatoms. The first-order valence-electron chi connectivity index (χ1n) is 6.73. The fourth-order valence-corrected chi connectivity index (χ4v) is 2.26. The number of rotatable bonds is 2. The van der Waals surface area contributed by atoms with Crippen molar-refractivity contribution in [1.82, 2.24) is 14.7 Å². The minimum atomic E-state index is -0.0196. The van der Waals surface area contributed by atoms with Gasteiger partial charge in [0.2, 0.25) is 0 Å². The van der Waals surface area contributed by atoms with Crippen LogP contribution >= 0.6 is 0 Å². The average Bonchev–Trinajstić information content (AvgIpc) is 2.57. The van der Waals surface area contributed by atoms with Crippen LogP contribution in [0, 0.1) is 0 Å². The minimum Gasteiger partial charge on any atom is -0.396 e. The summed E-state index contributed by atoms with van der Waals surface area (Å²) in [5.74, 6) is -0.0196. The Labute approximate surface area is 108 Å². The smallest absolute Gasteiger partial charge is 0.276 e. The van der Waals surface area contributed by atoms with E-state index in [-0.39, 0.29) is 11.9 Å². The maximum atomic E-state index is 12.4. The number of nitrogen functional groups attached to an aromatic ring is 1. The highest BCUT2D eigenvalue weighted by molar-refractivity contribution is 5.97. The molecule has 1 fully saturated rings. The molecule has 0 unspecified atom stereocenters. The van der Waals surface area contributed by atoms with Gasteiger partial charge >= 0.3 is 0 Å². The van der Waals surface area contributed by atoms with Crippen molar-refractivity contribution in [3.05, 3.63) is 11.9 Å². The molecule has 0 bridgehead atoms. The molecule has 1 saturated heterocycles. The molecule has 0 aliphatic carbocycles. The van der Waals surface area contributed by atoms with Crippen LogP contribution in [0.4, 0.5) is 5.69 Å². The summed E-state index contributed by atoms with van der Waals surface area (Å²) >= 11 is 0. The van der Waals surface area contributed by atoms with Crippen molar-refractivity contribution in [2.75, 3.05) is 18.8 Å². The van der Waals surface area contributed by atoms with Gasteiger partial charge in [0.05, 0.1) is 5.69 Å². The molecular weight excluding hydrogens is 228 g/mol. The van der Waals surface area contributed by atoms with Gasteiger partial charge in [-0.1, -0.05) is 12.8 Å². The third-order valence-corrected chi connectivity index (χ3v) is 3.39. The number of aromatic nitrogens is 2. The molecule has 1 aromatic heterocycles. The molecule has 2 N–H and O–H groups in total. The summed E-state index contributed by atoms with van der Waals surface area (Å²) in [5, 5.41) is 4.32. The van der Waals surface area contributed by atoms with Crippen molar-refractivity contribution >= 4 is 11.6 Å². The first kappa shape index (κ1) is 12.9. The predicted octanol–water partition coefficient (Wildman–Crippen LogP) is 2.06. The van der Waals surface area contributed by atoms with E-state index in [1.165, 1.54) is 12.8 Å². The Kier molecular flexibility index (Phi) is 3.89. The molecule has 0 atom stereocenters. The average molecular weight is 250 g/mol. The van der Waals surface area contributed by atoms with Crippen LogP contribution in [-0.4, -0.2) is 33.7 Å². The van der Waals surface area contributed by atoms with Gasteiger partial charge in [-0.3, -0.25) is 9.48 Å². The zero-order chi connectivity index (χ0) is 13.1. The fourth-order valence-electron chi connectivity index (χ4n) is 2.26. The number of nitrogens with two attached hydrogens (primary N) is 1. The van der Waals surface area contributed by atoms with Crippen LogP contribution in [0.5, 0.6) is 0 Å². The summed E-state index contributed by atoms with van der Waals surface area (Å²) in [6, 6.07) is 0.220. The van der Waals surface area contributed by atoms with E-state index in [9.17, 15) is 4.79 Å². The third-order valence-electron chi connectivity index (χ3n) is 3.39. The van der Waals surface area contributed by atoms with Gasteiger partial charge in [-0.15, -0.1) is 0 Å². The summed E-state index contributed by atoms with van der Waals surface area (Å²) in [6.07, 6.45) is 6.32. The summed E-state index contributed by atoms with van der Waals surface area (Å²) in [4.78, 5) is 14.3. The number of amides is 1. The topological polar surface area (TPSA) is 64.2 Å². The lowest BCUT2D eigenvalue weighted by Gasteiger charge is -2.19. The highest BCUT2D eigenvalue weighted by atomic mass is 16.2. The number of hydrogen-bond acceptors (Lipinski definition) is 3. The number of nitrogens with zero attached hydrogens (tertiary/aromatic N) is 3. The summed E-state index contributed by atoms with van der Waals surface area (Å²) < 4.78 is 1.75. The van der Waals surface area contributed by atoms with E-state index in [0.29, 0.717) is 11.4 Å². The Morgan fingerprint density at radius 1 is 1.28 bits per heavy atom. The van der Waals surface area contributed by atoms with Crippen molar-refractivity contribution < 1.29 is 4.79 Å². The lowest BCUT2D eigenvalue weighted by atomic mass is 10.2. The van der Waals surface area contributed by atoms with Gasteiger partial charge in [0.25, 0.3) is 5.91 Å². The molecule has 18 heavy (non-hydrogen) atoms. The SMILES string of the molecule is CC(C)n1cc(N)c(C(=O)N2CCCCCC2)n1. The van der Waals surface area contributed by atoms with Gasteiger partial charge in [-0.05, 0) is 26.7 Å². The van der Waals surface area contributed by atoms with E-state index >= 15 is 0 Å². The Hall–Kier alpha value is -1.52. The van der Waals surface area contributed by atoms with Crippen LogP contribution in [-0.2, 0) is 0 Å². The van der Waals surface area contributed by atoms with Crippen LogP contribution in [0.2, 0.25) is 0 Å². The molecule has 0 radical (unpaired) electrons.